The highest BCUT2D eigenvalue weighted by Gasteiger charge is 2.05. The summed E-state index contributed by atoms with van der Waals surface area (Å²) in [6.07, 6.45) is 0. The van der Waals surface area contributed by atoms with Gasteiger partial charge in [-0.15, -0.1) is 0 Å². The second-order valence-electron chi connectivity index (χ2n) is 5.50. The number of benzene rings is 4. The molecule has 0 saturated heterocycles. The van der Waals surface area contributed by atoms with Crippen molar-refractivity contribution in [3.63, 3.8) is 0 Å². The second-order valence-corrected chi connectivity index (χ2v) is 6.40. The van der Waals surface area contributed by atoms with Gasteiger partial charge in [-0.05, 0) is 22.9 Å². The highest BCUT2D eigenvalue weighted by Crippen LogP contribution is 2.33. The van der Waals surface area contributed by atoms with Crippen molar-refractivity contribution in [2.45, 2.75) is 0 Å². The maximum Gasteiger partial charge on any atom is 0.394 e. The van der Waals surface area contributed by atoms with Crippen molar-refractivity contribution in [1.29, 1.82) is 0 Å². The fourth-order valence-electron chi connectivity index (χ4n) is 2.69. The fourth-order valence-corrected chi connectivity index (χ4v) is 2.69. The zero-order valence-electron chi connectivity index (χ0n) is 13.6. The van der Waals surface area contributed by atoms with E-state index in [0.717, 1.165) is 22.3 Å². The van der Waals surface area contributed by atoms with E-state index in [9.17, 15) is 0 Å². The Bertz CT molecular complexity index is 1060. The lowest BCUT2D eigenvalue weighted by Crippen LogP contribution is -1.89. The Labute approximate surface area is 151 Å². The maximum atomic E-state index is 8.74. The highest BCUT2D eigenvalue weighted by atomic mass is 32.3. The van der Waals surface area contributed by atoms with E-state index in [1.165, 1.54) is 10.8 Å². The van der Waals surface area contributed by atoms with E-state index in [-0.39, 0.29) is 0 Å². The lowest BCUT2D eigenvalue weighted by molar-refractivity contribution is 0.381. The third kappa shape index (κ3) is 4.58. The molecular weight excluding hydrogens is 352 g/mol. The molecule has 0 atom stereocenters. The van der Waals surface area contributed by atoms with Gasteiger partial charge < -0.3 is 4.74 Å². The summed E-state index contributed by atoms with van der Waals surface area (Å²) < 4.78 is 37.8. The predicted octanol–water partition coefficient (Wildman–Crippen LogP) is 5.13. The molecule has 0 spiro atoms. The van der Waals surface area contributed by atoms with E-state index in [1.807, 2.05) is 48.5 Å². The van der Waals surface area contributed by atoms with Gasteiger partial charge in [0.25, 0.3) is 0 Å². The molecule has 0 unspecified atom stereocenters. The minimum Gasteiger partial charge on any atom is -0.456 e. The van der Waals surface area contributed by atoms with Crippen molar-refractivity contribution < 1.29 is 22.3 Å². The summed E-state index contributed by atoms with van der Waals surface area (Å²) in [7, 11) is -4.67. The van der Waals surface area contributed by atoms with Crippen LogP contribution in [0.15, 0.2) is 84.9 Å². The average molecular weight is 368 g/mol. The second kappa shape index (κ2) is 7.53. The third-order valence-corrected chi connectivity index (χ3v) is 3.72. The van der Waals surface area contributed by atoms with Gasteiger partial charge in [0.15, 0.2) is 0 Å². The van der Waals surface area contributed by atoms with E-state index in [1.54, 1.807) is 0 Å². The van der Waals surface area contributed by atoms with Crippen molar-refractivity contribution in [1.82, 2.24) is 0 Å². The van der Waals surface area contributed by atoms with Crippen LogP contribution in [-0.4, -0.2) is 17.5 Å². The molecule has 26 heavy (non-hydrogen) atoms. The zero-order valence-corrected chi connectivity index (χ0v) is 14.4. The van der Waals surface area contributed by atoms with Crippen LogP contribution in [0.2, 0.25) is 0 Å². The lowest BCUT2D eigenvalue weighted by atomic mass is 10.1. The molecule has 0 aliphatic carbocycles. The van der Waals surface area contributed by atoms with Gasteiger partial charge in [-0.1, -0.05) is 72.8 Å². The highest BCUT2D eigenvalue weighted by molar-refractivity contribution is 7.79. The monoisotopic (exact) mass is 368 g/mol. The third-order valence-electron chi connectivity index (χ3n) is 3.72. The standard InChI is InChI=1S/C20H14O.H2O4S/c1-3-11-17-15(7-1)9-5-13-19(17)21-20-14-6-10-16-8-2-4-12-18(16)20;1-5(2,3)4/h1-14H;(H2,1,2,3,4). The van der Waals surface area contributed by atoms with Gasteiger partial charge in [0, 0.05) is 10.8 Å². The fraction of sp³-hybridized carbons (Fsp3) is 0. The van der Waals surface area contributed by atoms with E-state index in [2.05, 4.69) is 36.4 Å². The Morgan fingerprint density at radius 3 is 1.35 bits per heavy atom. The summed E-state index contributed by atoms with van der Waals surface area (Å²) in [6, 6.07) is 28.9. The molecule has 5 nitrogen and oxygen atoms in total. The summed E-state index contributed by atoms with van der Waals surface area (Å²) in [5.41, 5.74) is 0. The Hall–Kier alpha value is -2.93. The molecule has 4 aromatic carbocycles. The molecule has 0 aliphatic heterocycles. The molecule has 0 saturated carbocycles. The summed E-state index contributed by atoms with van der Waals surface area (Å²) >= 11 is 0. The molecule has 0 aliphatic rings. The summed E-state index contributed by atoms with van der Waals surface area (Å²) in [5, 5.41) is 4.64. The summed E-state index contributed by atoms with van der Waals surface area (Å²) in [6.45, 7) is 0. The van der Waals surface area contributed by atoms with Gasteiger partial charge in [-0.2, -0.15) is 8.42 Å². The molecule has 0 fully saturated rings. The quantitative estimate of drug-likeness (QED) is 0.479. The number of hydrogen-bond acceptors (Lipinski definition) is 3. The van der Waals surface area contributed by atoms with Gasteiger partial charge >= 0.3 is 10.4 Å². The van der Waals surface area contributed by atoms with Crippen molar-refractivity contribution in [2.24, 2.45) is 0 Å². The van der Waals surface area contributed by atoms with Crippen LogP contribution >= 0.6 is 0 Å². The summed E-state index contributed by atoms with van der Waals surface area (Å²) in [4.78, 5) is 0. The van der Waals surface area contributed by atoms with Crippen molar-refractivity contribution in [2.75, 3.05) is 0 Å². The molecule has 132 valence electrons. The maximum absolute atomic E-state index is 8.74. The molecule has 0 bridgehead atoms. The number of fused-ring (bicyclic) bond motifs is 2. The predicted molar refractivity (Wildman–Crippen MR) is 102 cm³/mol. The molecule has 6 heteroatoms. The first kappa shape index (κ1) is 17.9. The molecule has 0 heterocycles. The molecule has 4 aromatic rings. The van der Waals surface area contributed by atoms with Crippen LogP contribution in [0.5, 0.6) is 11.5 Å². The van der Waals surface area contributed by atoms with Gasteiger partial charge in [0.05, 0.1) is 0 Å². The SMILES string of the molecule is O=S(=O)(O)O.c1ccc2c(Oc3cccc4ccccc34)cccc2c1. The van der Waals surface area contributed by atoms with Gasteiger partial charge in [-0.25, -0.2) is 0 Å². The Morgan fingerprint density at radius 1 is 0.577 bits per heavy atom. The first-order valence-corrected chi connectivity index (χ1v) is 9.15. The van der Waals surface area contributed by atoms with Gasteiger partial charge in [0.1, 0.15) is 11.5 Å². The van der Waals surface area contributed by atoms with Crippen molar-refractivity contribution in [3.8, 4) is 11.5 Å². The van der Waals surface area contributed by atoms with Crippen LogP contribution in [0.1, 0.15) is 0 Å². The van der Waals surface area contributed by atoms with Gasteiger partial charge in [-0.3, -0.25) is 9.11 Å². The van der Waals surface area contributed by atoms with Crippen LogP contribution in [0.3, 0.4) is 0 Å². The van der Waals surface area contributed by atoms with E-state index in [4.69, 9.17) is 22.3 Å². The lowest BCUT2D eigenvalue weighted by Gasteiger charge is -2.11. The molecule has 0 amide bonds. The number of ether oxygens (including phenoxy) is 1. The Balaban J connectivity index is 0.000000349. The largest absolute Gasteiger partial charge is 0.456 e. The number of hydrogen-bond donors (Lipinski definition) is 2. The van der Waals surface area contributed by atoms with E-state index < -0.39 is 10.4 Å². The molecular formula is C20H16O5S. The first-order valence-electron chi connectivity index (χ1n) is 7.75. The number of rotatable bonds is 2. The van der Waals surface area contributed by atoms with Crippen LogP contribution in [0.25, 0.3) is 21.5 Å². The average Bonchev–Trinajstić information content (AvgIpc) is 2.61. The minimum atomic E-state index is -4.67. The van der Waals surface area contributed by atoms with Crippen LogP contribution in [0.4, 0.5) is 0 Å². The first-order chi connectivity index (χ1) is 12.4. The summed E-state index contributed by atoms with van der Waals surface area (Å²) in [5.74, 6) is 1.79. The van der Waals surface area contributed by atoms with E-state index >= 15 is 0 Å². The topological polar surface area (TPSA) is 83.8 Å². The van der Waals surface area contributed by atoms with Crippen LogP contribution in [0, 0.1) is 0 Å². The molecule has 0 aromatic heterocycles. The van der Waals surface area contributed by atoms with Crippen LogP contribution in [-0.2, 0) is 10.4 Å². The van der Waals surface area contributed by atoms with Crippen LogP contribution < -0.4 is 4.74 Å². The Kier molecular flexibility index (Phi) is 5.18. The smallest absolute Gasteiger partial charge is 0.394 e. The normalized spacial score (nSPS) is 11.0. The molecule has 2 N–H and O–H groups in total. The minimum absolute atomic E-state index is 0.893. The Morgan fingerprint density at radius 2 is 0.923 bits per heavy atom. The van der Waals surface area contributed by atoms with Crippen molar-refractivity contribution in [3.05, 3.63) is 84.9 Å². The van der Waals surface area contributed by atoms with Gasteiger partial charge in [0.2, 0.25) is 0 Å². The zero-order chi connectivity index (χ0) is 18.6. The van der Waals surface area contributed by atoms with Crippen molar-refractivity contribution >= 4 is 31.9 Å². The van der Waals surface area contributed by atoms with E-state index in [0.29, 0.717) is 0 Å². The molecule has 0 radical (unpaired) electrons. The molecule has 4 rings (SSSR count).